The average Bonchev–Trinajstić information content (AvgIpc) is 2.63. The molecule has 11 heteroatoms. The van der Waals surface area contributed by atoms with E-state index in [2.05, 4.69) is 61.9 Å². The third-order valence-electron chi connectivity index (χ3n) is 3.18. The predicted octanol–water partition coefficient (Wildman–Crippen LogP) is 4.47. The number of thioether (sulfide) groups is 1. The van der Waals surface area contributed by atoms with Gasteiger partial charge < -0.3 is 20.2 Å². The van der Waals surface area contributed by atoms with Gasteiger partial charge in [-0.05, 0) is 25.1 Å². The van der Waals surface area contributed by atoms with Crippen LogP contribution in [0.3, 0.4) is 0 Å². The maximum atomic E-state index is 10.9. The summed E-state index contributed by atoms with van der Waals surface area (Å²) in [7, 11) is 0. The highest BCUT2D eigenvalue weighted by Gasteiger charge is 1.99. The van der Waals surface area contributed by atoms with E-state index in [9.17, 15) is 9.59 Å². The van der Waals surface area contributed by atoms with Crippen molar-refractivity contribution in [2.45, 2.75) is 57.5 Å². The normalized spacial score (nSPS) is 9.76. The number of aromatic nitrogens is 4. The third-order valence-corrected chi connectivity index (χ3v) is 4.90. The first kappa shape index (κ1) is 27.4. The quantitative estimate of drug-likeness (QED) is 0.117. The summed E-state index contributed by atoms with van der Waals surface area (Å²) in [6.45, 7) is 4.35. The molecule has 0 atom stereocenters. The zero-order valence-electron chi connectivity index (χ0n) is 16.7. The Morgan fingerprint density at radius 3 is 2.10 bits per heavy atom. The molecule has 0 radical (unpaired) electrons. The van der Waals surface area contributed by atoms with Gasteiger partial charge in [0, 0.05) is 11.1 Å². The van der Waals surface area contributed by atoms with Crippen LogP contribution in [0.25, 0.3) is 0 Å². The Balaban J connectivity index is 0.000000448. The van der Waals surface area contributed by atoms with Crippen LogP contribution in [-0.4, -0.2) is 41.2 Å². The van der Waals surface area contributed by atoms with E-state index in [0.29, 0.717) is 5.16 Å². The Kier molecular flexibility index (Phi) is 16.3. The Hall–Kier alpha value is -1.59. The monoisotopic (exact) mass is 508 g/mol. The molecule has 2 aromatic heterocycles. The molecule has 5 N–H and O–H groups in total. The van der Waals surface area contributed by atoms with Gasteiger partial charge in [0.05, 0.1) is 12.1 Å². The van der Waals surface area contributed by atoms with Crippen molar-refractivity contribution in [2.75, 3.05) is 11.1 Å². The van der Waals surface area contributed by atoms with Gasteiger partial charge >= 0.3 is 0 Å². The largest absolute Gasteiger partial charge is 0.494 e. The minimum Gasteiger partial charge on any atom is -0.494 e. The molecule has 0 spiro atoms. The number of aromatic hydroxyl groups is 2. The molecule has 0 aliphatic carbocycles. The van der Waals surface area contributed by atoms with Crippen LogP contribution in [0.2, 0.25) is 0 Å². The molecule has 29 heavy (non-hydrogen) atoms. The number of hydrogen-bond acceptors (Lipinski definition) is 7. The Morgan fingerprint density at radius 2 is 1.62 bits per heavy atom. The second-order valence-electron chi connectivity index (χ2n) is 5.83. The lowest BCUT2D eigenvalue weighted by Gasteiger charge is -1.99. The van der Waals surface area contributed by atoms with E-state index < -0.39 is 5.56 Å². The summed E-state index contributed by atoms with van der Waals surface area (Å²) in [6.07, 6.45) is 7.47. The summed E-state index contributed by atoms with van der Waals surface area (Å²) in [5, 5.41) is 19.4. The molecule has 2 rings (SSSR count). The van der Waals surface area contributed by atoms with E-state index in [4.69, 9.17) is 10.2 Å². The number of H-pyrrole nitrogens is 3. The average molecular weight is 509 g/mol. The molecule has 8 nitrogen and oxygen atoms in total. The minimum absolute atomic E-state index is 0.125. The second kappa shape index (κ2) is 17.3. The van der Waals surface area contributed by atoms with Crippen LogP contribution in [0.15, 0.2) is 26.9 Å². The molecule has 0 unspecified atom stereocenters. The smallest absolute Gasteiger partial charge is 0.255 e. The summed E-state index contributed by atoms with van der Waals surface area (Å²) in [4.78, 5) is 32.3. The van der Waals surface area contributed by atoms with Crippen LogP contribution in [-0.2, 0) is 0 Å². The lowest BCUT2D eigenvalue weighted by atomic mass is 10.3. The molecule has 0 aromatic carbocycles. The van der Waals surface area contributed by atoms with Crippen LogP contribution in [0.1, 0.15) is 52.4 Å². The first-order valence-corrected chi connectivity index (χ1v) is 11.9. The molecule has 0 saturated heterocycles. The van der Waals surface area contributed by atoms with Crippen molar-refractivity contribution < 1.29 is 10.2 Å². The maximum absolute atomic E-state index is 10.9. The zero-order valence-corrected chi connectivity index (χ0v) is 19.9. The molecule has 0 aliphatic heterocycles. The summed E-state index contributed by atoms with van der Waals surface area (Å²) in [6, 6.07) is 2.08. The van der Waals surface area contributed by atoms with Crippen molar-refractivity contribution in [3.05, 3.63) is 37.6 Å². The summed E-state index contributed by atoms with van der Waals surface area (Å²) < 4.78 is 0.125. The molecule has 0 fully saturated rings. The summed E-state index contributed by atoms with van der Waals surface area (Å²) in [5.41, 5.74) is -0.716. The fraction of sp³-hybridized carbons (Fsp3) is 0.556. The van der Waals surface area contributed by atoms with E-state index in [-0.39, 0.29) is 22.1 Å². The minimum atomic E-state index is -0.406. The Bertz CT molecular complexity index is 822. The predicted molar refractivity (Wildman–Crippen MR) is 124 cm³/mol. The van der Waals surface area contributed by atoms with Gasteiger partial charge in [-0.15, -0.1) is 0 Å². The summed E-state index contributed by atoms with van der Waals surface area (Å²) in [5.74, 6) is 0.482. The van der Waals surface area contributed by atoms with E-state index in [0.717, 1.165) is 24.3 Å². The standard InChI is InChI=1S/C9H14N2O2S.C5H11Br.C4H4N2O2S/c1-2-3-4-5-14-9-10-7(12)6-8(13)11-9;1-2-3-4-5-6;7-2-1-3(8)6-4(9)5-2/h6H,2-5H2,1H3,(H2,10,11,12,13);2-5H2,1H3;1H,(H3,5,6,7,8,9). The van der Waals surface area contributed by atoms with Crippen molar-refractivity contribution in [3.8, 4) is 11.8 Å². The number of rotatable bonds is 8. The lowest BCUT2D eigenvalue weighted by molar-refractivity contribution is 0.444. The van der Waals surface area contributed by atoms with E-state index in [1.165, 1.54) is 49.2 Å². The molecule has 0 saturated carbocycles. The topological polar surface area (TPSA) is 135 Å². The summed E-state index contributed by atoms with van der Waals surface area (Å²) >= 11 is 9.33. The number of hydrogen-bond donors (Lipinski definition) is 5. The molecule has 0 bridgehead atoms. The molecular formula is C18H29BrN4O4S2. The SMILES string of the molecule is CCCCCBr.CCCCCSc1nc(O)cc(=O)[nH]1.O=c1cc(O)[nH]c(=S)[nH]1. The molecular weight excluding hydrogens is 480 g/mol. The fourth-order valence-electron chi connectivity index (χ4n) is 1.81. The number of nitrogens with one attached hydrogen (secondary N) is 3. The van der Waals surface area contributed by atoms with Gasteiger partial charge in [0.15, 0.2) is 15.8 Å². The van der Waals surface area contributed by atoms with E-state index in [1.54, 1.807) is 0 Å². The molecule has 2 aromatic rings. The molecule has 0 amide bonds. The first-order chi connectivity index (χ1) is 13.8. The van der Waals surface area contributed by atoms with Crippen LogP contribution in [0.5, 0.6) is 11.8 Å². The van der Waals surface area contributed by atoms with Gasteiger partial charge in [-0.2, -0.15) is 4.98 Å². The van der Waals surface area contributed by atoms with Crippen molar-refractivity contribution in [3.63, 3.8) is 0 Å². The Labute approximate surface area is 187 Å². The van der Waals surface area contributed by atoms with E-state index >= 15 is 0 Å². The number of nitrogens with zero attached hydrogens (tertiary/aromatic N) is 1. The van der Waals surface area contributed by atoms with Gasteiger partial charge in [-0.1, -0.05) is 67.2 Å². The highest BCUT2D eigenvalue weighted by molar-refractivity contribution is 9.09. The van der Waals surface area contributed by atoms with Crippen molar-refractivity contribution >= 4 is 39.9 Å². The Morgan fingerprint density at radius 1 is 1.00 bits per heavy atom. The van der Waals surface area contributed by atoms with Crippen LogP contribution in [0, 0.1) is 4.77 Å². The lowest BCUT2D eigenvalue weighted by Crippen LogP contribution is -2.06. The number of aromatic amines is 3. The molecule has 0 aliphatic rings. The number of unbranched alkanes of at least 4 members (excludes halogenated alkanes) is 4. The number of alkyl halides is 1. The van der Waals surface area contributed by atoms with Crippen LogP contribution < -0.4 is 11.1 Å². The number of halogens is 1. The van der Waals surface area contributed by atoms with Gasteiger partial charge in [-0.25, -0.2) is 0 Å². The first-order valence-electron chi connectivity index (χ1n) is 9.34. The van der Waals surface area contributed by atoms with Crippen LogP contribution >= 0.6 is 39.9 Å². The van der Waals surface area contributed by atoms with Crippen LogP contribution in [0.4, 0.5) is 0 Å². The third kappa shape index (κ3) is 16.0. The fourth-order valence-corrected chi connectivity index (χ4v) is 3.29. The highest BCUT2D eigenvalue weighted by Crippen LogP contribution is 2.15. The van der Waals surface area contributed by atoms with Crippen molar-refractivity contribution in [2.24, 2.45) is 0 Å². The van der Waals surface area contributed by atoms with Crippen molar-refractivity contribution in [1.29, 1.82) is 0 Å². The molecule has 2 heterocycles. The second-order valence-corrected chi connectivity index (χ2v) is 8.12. The maximum Gasteiger partial charge on any atom is 0.255 e. The highest BCUT2D eigenvalue weighted by atomic mass is 79.9. The van der Waals surface area contributed by atoms with Gasteiger partial charge in [0.25, 0.3) is 11.1 Å². The molecule has 164 valence electrons. The van der Waals surface area contributed by atoms with Gasteiger partial charge in [0.2, 0.25) is 5.88 Å². The van der Waals surface area contributed by atoms with Gasteiger partial charge in [0.1, 0.15) is 0 Å². The van der Waals surface area contributed by atoms with Gasteiger partial charge in [-0.3, -0.25) is 14.6 Å². The zero-order chi connectivity index (χ0) is 22.1. The van der Waals surface area contributed by atoms with E-state index in [1.807, 2.05) is 0 Å². The van der Waals surface area contributed by atoms with Crippen molar-refractivity contribution in [1.82, 2.24) is 19.9 Å².